The van der Waals surface area contributed by atoms with Crippen LogP contribution in [0.3, 0.4) is 0 Å². The first kappa shape index (κ1) is 84.6. The predicted molar refractivity (Wildman–Crippen MR) is 439 cm³/mol. The smallest absolute Gasteiger partial charge is 0.278 e. The van der Waals surface area contributed by atoms with Crippen molar-refractivity contribution in [2.24, 2.45) is 7.05 Å². The first-order valence-electron chi connectivity index (χ1n) is 36.8. The standard InChI is InChI=1S/C13H10N4.C12H12N6.C9H11N5.C8H9N5O.C8H8N4.C7H7N5O.C7H7N5.C4H3N5O.C3H6N4.CH3N5/c1-2-4-10(5-3-1)11-6-8-12(9-7-11)13-14-16-17-15-13;1-9-7-11-15-16-17-18(11)12(14-9)13-8-10-5-3-2-4-6-10;1-14(2)8-5-3-7(4-6-8)9-10-12-13-11-9;14-7-5-3-1-2-4-6(5)9-8-10-11-12-13(7)8;1-7-9-10-11-12(7)8-5-3-2-4-6-8;13-5-12-7(9-10-11-12)6-1-3-8-4-2-6;8-6-3-1-2-5(4-6)7-9-11-12-10-7;10-3-1-2-9-4(5-3)6-7-8-9;1-3-4-5-6-7(3)2;2-1-3-5-6-4-1/h1-9H,(H,14,15,16,17);2-7H,8H2,1H3,(H,13,14);3-6H,1-2H3,(H,10,11,12,13);1-4H2,(H,9,10,12);2-6H,1H3;1-4,13H,5H2;1-4H,8H2,(H,9,10,11,12);1-2H,(H,5,6,8,10);1-2H3;(H3,2,3,4,5,6). The van der Waals surface area contributed by atoms with Crippen LogP contribution in [-0.2, 0) is 33.2 Å². The molecule has 0 bridgehead atoms. The third-order valence-electron chi connectivity index (χ3n) is 16.8. The Morgan fingerprint density at radius 1 is 0.520 bits per heavy atom. The maximum atomic E-state index is 11.8. The summed E-state index contributed by atoms with van der Waals surface area (Å²) in [6, 6.07) is 60.3. The zero-order chi connectivity index (χ0) is 85.9. The van der Waals surface area contributed by atoms with E-state index < -0.39 is 0 Å². The molecule has 14 heterocycles. The molecule has 0 unspecified atom stereocenters. The van der Waals surface area contributed by atoms with Crippen LogP contribution < -0.4 is 32.8 Å². The quantitative estimate of drug-likeness (QED) is 0.0832. The van der Waals surface area contributed by atoms with Gasteiger partial charge in [-0.15, -0.1) is 56.1 Å². The highest BCUT2D eigenvalue weighted by Gasteiger charge is 2.18. The molecule has 1 aliphatic carbocycles. The van der Waals surface area contributed by atoms with Crippen LogP contribution in [0.25, 0.3) is 79.6 Å². The number of rotatable bonds is 11. The highest BCUT2D eigenvalue weighted by molar-refractivity contribution is 5.67. The summed E-state index contributed by atoms with van der Waals surface area (Å²) in [5, 5.41) is 129. The summed E-state index contributed by atoms with van der Waals surface area (Å²) in [4.78, 5) is 39.5. The van der Waals surface area contributed by atoms with E-state index in [2.05, 4.69) is 237 Å². The van der Waals surface area contributed by atoms with Crippen LogP contribution in [0.1, 0.15) is 47.0 Å². The number of nitrogens with two attached hydrogens (primary N) is 2. The summed E-state index contributed by atoms with van der Waals surface area (Å²) in [7, 11) is 5.81. The average molecular weight is 1660 g/mol. The zero-order valence-corrected chi connectivity index (χ0v) is 66.2. The minimum absolute atomic E-state index is 0.0466. The first-order valence-corrected chi connectivity index (χ1v) is 36.8. The molecular weight excluding hydrogens is 1590 g/mol. The topological polar surface area (TPSA) is 657 Å². The number of H-pyrrole nitrogens is 6. The number of nitrogens with one attached hydrogen (secondary N) is 7. The summed E-state index contributed by atoms with van der Waals surface area (Å²) >= 11 is 0. The zero-order valence-electron chi connectivity index (χ0n) is 66.2. The Labute approximate surface area is 692 Å². The summed E-state index contributed by atoms with van der Waals surface area (Å²) in [6.45, 7) is 6.09. The summed E-state index contributed by atoms with van der Waals surface area (Å²) in [5.41, 5.74) is 23.6. The lowest BCUT2D eigenvalue weighted by atomic mass is 9.97. The van der Waals surface area contributed by atoms with E-state index in [9.17, 15) is 9.59 Å². The highest BCUT2D eigenvalue weighted by Crippen LogP contribution is 2.24. The second kappa shape index (κ2) is 43.2. The van der Waals surface area contributed by atoms with Crippen molar-refractivity contribution in [2.45, 2.75) is 59.7 Å². The number of aromatic amines is 6. The lowest BCUT2D eigenvalue weighted by Crippen LogP contribution is -2.25. The van der Waals surface area contributed by atoms with Crippen LogP contribution >= 0.6 is 0 Å². The van der Waals surface area contributed by atoms with Gasteiger partial charge in [0.05, 0.1) is 11.4 Å². The lowest BCUT2D eigenvalue weighted by Gasteiger charge is -2.12. The fourth-order valence-corrected chi connectivity index (χ4v) is 10.7. The minimum Gasteiger partial charge on any atom is -0.399 e. The van der Waals surface area contributed by atoms with Gasteiger partial charge in [0, 0.05) is 103 Å². The number of hydrogen-bond donors (Lipinski definition) is 10. The summed E-state index contributed by atoms with van der Waals surface area (Å²) in [5.74, 6) is 5.50. The van der Waals surface area contributed by atoms with Gasteiger partial charge in [0.25, 0.3) is 28.6 Å². The van der Waals surface area contributed by atoms with Crippen molar-refractivity contribution in [1.82, 2.24) is 223 Å². The molecule has 0 saturated carbocycles. The Hall–Kier alpha value is -17.8. The Morgan fingerprint density at radius 3 is 1.71 bits per heavy atom. The molecule has 123 heavy (non-hydrogen) atoms. The first-order chi connectivity index (χ1) is 60.1. The van der Waals surface area contributed by atoms with E-state index in [4.69, 9.17) is 16.6 Å². The van der Waals surface area contributed by atoms with Gasteiger partial charge in [0.15, 0.2) is 17.3 Å². The number of aryl methyl sites for hydroxylation is 5. The molecule has 0 aliphatic heterocycles. The number of aliphatic hydroxyl groups is 1. The van der Waals surface area contributed by atoms with Gasteiger partial charge in [-0.3, -0.25) is 19.6 Å². The molecule has 622 valence electrons. The van der Waals surface area contributed by atoms with Crippen LogP contribution in [0.4, 0.5) is 23.3 Å². The maximum absolute atomic E-state index is 11.8. The number of aliphatic hydroxyl groups excluding tert-OH is 1. The van der Waals surface area contributed by atoms with Crippen molar-refractivity contribution >= 4 is 40.5 Å². The van der Waals surface area contributed by atoms with Gasteiger partial charge >= 0.3 is 0 Å². The molecule has 6 aromatic carbocycles. The number of nitrogen functional groups attached to an aromatic ring is 2. The molecule has 21 rings (SSSR count). The molecule has 0 saturated heterocycles. The van der Waals surface area contributed by atoms with Gasteiger partial charge in [-0.2, -0.15) is 49.0 Å². The van der Waals surface area contributed by atoms with Crippen molar-refractivity contribution in [2.75, 3.05) is 35.8 Å². The maximum Gasteiger partial charge on any atom is 0.278 e. The van der Waals surface area contributed by atoms with E-state index >= 15 is 0 Å². The van der Waals surface area contributed by atoms with Gasteiger partial charge in [0.2, 0.25) is 23.4 Å². The van der Waals surface area contributed by atoms with Gasteiger partial charge in [-0.25, -0.2) is 14.6 Å². The molecule has 51 nitrogen and oxygen atoms in total. The number of fused-ring (bicyclic) bond motifs is 4. The van der Waals surface area contributed by atoms with E-state index in [1.54, 1.807) is 51.5 Å². The second-order valence-corrected chi connectivity index (χ2v) is 25.4. The minimum atomic E-state index is -0.231. The van der Waals surface area contributed by atoms with Crippen LogP contribution in [0, 0.1) is 20.8 Å². The van der Waals surface area contributed by atoms with Crippen LogP contribution in [-0.4, -0.2) is 242 Å². The number of para-hydroxylation sites is 1. The Balaban J connectivity index is 0.000000126. The lowest BCUT2D eigenvalue weighted by molar-refractivity contribution is 0.194. The van der Waals surface area contributed by atoms with E-state index in [0.717, 1.165) is 87.9 Å². The number of anilines is 4. The number of hydrogen-bond acceptors (Lipinski definition) is 39. The SMILES string of the molecule is CN(C)c1ccc(-c2nn[nH]n2)cc1.Cc1cc2nnnn2c(NCc2ccccc2)n1.Cc1nnnn1-c1ccccc1.Cc1nnnn1C.Nc1cccc(-c2nn[nH]n2)c1.Nc1nn[nH]n1.O=c1c2c(nc3nn[nH]n13)CCCC2.O=c1ccn2nnnc2[nH]1.OCn1nnnc1-c1ccncc1.c1ccc(-c2ccc(-c3nn[nH]n3)cc2)cc1. The molecule has 0 fully saturated rings. The fourth-order valence-electron chi connectivity index (χ4n) is 10.7. The van der Waals surface area contributed by atoms with Crippen molar-refractivity contribution in [3.05, 3.63) is 262 Å². The fraction of sp³-hybridized carbons (Fsp3) is 0.167. The van der Waals surface area contributed by atoms with Crippen molar-refractivity contribution in [3.8, 4) is 62.4 Å². The number of pyridine rings is 1. The number of nitrogens with zero attached hydrogens (tertiary/aromatic N) is 39. The highest BCUT2D eigenvalue weighted by atomic mass is 16.3. The van der Waals surface area contributed by atoms with Gasteiger partial charge in [-0.05, 0) is 202 Å². The van der Waals surface area contributed by atoms with E-state index in [0.29, 0.717) is 58.7 Å². The predicted octanol–water partition coefficient (Wildman–Crippen LogP) is 2.82. The third kappa shape index (κ3) is 24.4. The Kier molecular flexibility index (Phi) is 29.7. The molecule has 12 N–H and O–H groups in total. The summed E-state index contributed by atoms with van der Waals surface area (Å²) in [6.07, 6.45) is 8.66. The number of tetrazole rings is 10. The average Bonchev–Trinajstić information content (AvgIpc) is 1.72. The van der Waals surface area contributed by atoms with Crippen molar-refractivity contribution in [3.63, 3.8) is 0 Å². The molecule has 51 heteroatoms. The van der Waals surface area contributed by atoms with Crippen LogP contribution in [0.15, 0.2) is 216 Å². The molecule has 0 amide bonds. The number of benzene rings is 6. The van der Waals surface area contributed by atoms with Crippen molar-refractivity contribution < 1.29 is 5.11 Å². The molecule has 0 spiro atoms. The van der Waals surface area contributed by atoms with E-state index in [1.165, 1.54) is 42.7 Å². The van der Waals surface area contributed by atoms with E-state index in [-0.39, 0.29) is 23.8 Å². The van der Waals surface area contributed by atoms with Gasteiger partial charge < -0.3 is 26.8 Å². The largest absolute Gasteiger partial charge is 0.399 e. The van der Waals surface area contributed by atoms with Gasteiger partial charge in [-0.1, -0.05) is 131 Å². The van der Waals surface area contributed by atoms with Crippen LogP contribution in [0.5, 0.6) is 0 Å². The van der Waals surface area contributed by atoms with Crippen LogP contribution in [0.2, 0.25) is 0 Å². The monoisotopic (exact) mass is 1660 g/mol. The molecule has 0 radical (unpaired) electrons. The molecule has 1 aliphatic rings. The normalized spacial score (nSPS) is 10.8. The second-order valence-electron chi connectivity index (χ2n) is 25.4. The third-order valence-corrected chi connectivity index (χ3v) is 16.8. The molecular formula is C72H76N48O3. The molecule has 14 aromatic heterocycles. The van der Waals surface area contributed by atoms with Gasteiger partial charge in [0.1, 0.15) is 12.6 Å². The van der Waals surface area contributed by atoms with E-state index in [1.807, 2.05) is 167 Å². The molecule has 0 atom stereocenters. The number of aromatic nitrogens is 44. The molecule has 20 aromatic rings. The summed E-state index contributed by atoms with van der Waals surface area (Å²) < 4.78 is 8.87. The Morgan fingerprint density at radius 2 is 1.11 bits per heavy atom. The van der Waals surface area contributed by atoms with Crippen molar-refractivity contribution in [1.29, 1.82) is 0 Å². The Bertz CT molecular complexity index is 6520.